The number of hydrogen-bond donors (Lipinski definition) is 1. The Kier molecular flexibility index (Phi) is 3.02. The molecule has 2 heterocycles. The minimum atomic E-state index is -1.40. The van der Waals surface area contributed by atoms with Crippen LogP contribution in [0.25, 0.3) is 10.9 Å². The fourth-order valence-corrected chi connectivity index (χ4v) is 2.48. The van der Waals surface area contributed by atoms with E-state index in [0.29, 0.717) is 13.2 Å². The summed E-state index contributed by atoms with van der Waals surface area (Å²) in [6.45, 7) is 2.02. The Morgan fingerprint density at radius 3 is 2.62 bits per heavy atom. The van der Waals surface area contributed by atoms with Crippen molar-refractivity contribution in [3.8, 4) is 0 Å². The van der Waals surface area contributed by atoms with Crippen LogP contribution in [0, 0.1) is 18.6 Å². The fraction of sp³-hybridized carbons (Fsp3) is 0.286. The van der Waals surface area contributed by atoms with Crippen molar-refractivity contribution >= 4 is 16.9 Å². The molecule has 21 heavy (non-hydrogen) atoms. The fourth-order valence-electron chi connectivity index (χ4n) is 2.48. The molecule has 1 N–H and O–H groups in total. The topological polar surface area (TPSA) is 68.5 Å². The summed E-state index contributed by atoms with van der Waals surface area (Å²) >= 11 is 0. The van der Waals surface area contributed by atoms with Crippen LogP contribution in [0.2, 0.25) is 0 Å². The van der Waals surface area contributed by atoms with Crippen molar-refractivity contribution in [3.63, 3.8) is 0 Å². The number of carboxylic acid groups (broad SMARTS) is 1. The highest BCUT2D eigenvalue weighted by Crippen LogP contribution is 2.27. The standard InChI is InChI=1S/C14H11F2NO4/c1-6-11(16)10(15)2-8-12(6)17(7-4-21-5-7)3-9(13(8)18)14(19)20/h2-3,7H,4-5H2,1H3,(H,19,20). The number of nitrogens with zero attached hydrogens (tertiary/aromatic N) is 1. The van der Waals surface area contributed by atoms with E-state index in [4.69, 9.17) is 9.84 Å². The van der Waals surface area contributed by atoms with Gasteiger partial charge in [-0.3, -0.25) is 4.79 Å². The monoisotopic (exact) mass is 295 g/mol. The van der Waals surface area contributed by atoms with Crippen LogP contribution in [0.4, 0.5) is 8.78 Å². The van der Waals surface area contributed by atoms with Gasteiger partial charge < -0.3 is 14.4 Å². The minimum Gasteiger partial charge on any atom is -0.477 e. The lowest BCUT2D eigenvalue weighted by Gasteiger charge is -2.30. The van der Waals surface area contributed by atoms with E-state index in [0.717, 1.165) is 6.07 Å². The molecule has 0 spiro atoms. The Labute approximate surface area is 117 Å². The van der Waals surface area contributed by atoms with Crippen molar-refractivity contribution < 1.29 is 23.4 Å². The van der Waals surface area contributed by atoms with Gasteiger partial charge in [-0.2, -0.15) is 0 Å². The van der Waals surface area contributed by atoms with Gasteiger partial charge in [-0.25, -0.2) is 13.6 Å². The summed E-state index contributed by atoms with van der Waals surface area (Å²) in [5.74, 6) is -3.62. The number of halogens is 2. The van der Waals surface area contributed by atoms with Gasteiger partial charge in [0.2, 0.25) is 5.43 Å². The Bertz CT molecular complexity index is 824. The average Bonchev–Trinajstić information content (AvgIpc) is 2.36. The predicted molar refractivity (Wildman–Crippen MR) is 69.7 cm³/mol. The van der Waals surface area contributed by atoms with Crippen LogP contribution in [-0.2, 0) is 4.74 Å². The molecule has 0 saturated carbocycles. The lowest BCUT2D eigenvalue weighted by Crippen LogP contribution is -2.33. The zero-order chi connectivity index (χ0) is 15.3. The predicted octanol–water partition coefficient (Wildman–Crippen LogP) is 1.86. The SMILES string of the molecule is Cc1c(F)c(F)cc2c(=O)c(C(=O)O)cn(C3COC3)c12. The van der Waals surface area contributed by atoms with Gasteiger partial charge in [0, 0.05) is 17.1 Å². The molecule has 0 amide bonds. The molecule has 1 aliphatic rings. The van der Waals surface area contributed by atoms with Crippen molar-refractivity contribution in [2.24, 2.45) is 0 Å². The Morgan fingerprint density at radius 2 is 2.10 bits per heavy atom. The summed E-state index contributed by atoms with van der Waals surface area (Å²) in [7, 11) is 0. The number of carboxylic acids is 1. The van der Waals surface area contributed by atoms with Crippen molar-refractivity contribution in [2.75, 3.05) is 13.2 Å². The zero-order valence-electron chi connectivity index (χ0n) is 11.0. The van der Waals surface area contributed by atoms with Gasteiger partial charge in [-0.1, -0.05) is 0 Å². The van der Waals surface area contributed by atoms with E-state index in [9.17, 15) is 18.4 Å². The highest BCUT2D eigenvalue weighted by atomic mass is 19.2. The van der Waals surface area contributed by atoms with Crippen molar-refractivity contribution in [2.45, 2.75) is 13.0 Å². The van der Waals surface area contributed by atoms with Gasteiger partial charge >= 0.3 is 5.97 Å². The Hall–Kier alpha value is -2.28. The maximum Gasteiger partial charge on any atom is 0.341 e. The number of aromatic carboxylic acids is 1. The highest BCUT2D eigenvalue weighted by Gasteiger charge is 2.26. The lowest BCUT2D eigenvalue weighted by molar-refractivity contribution is -0.0217. The lowest BCUT2D eigenvalue weighted by atomic mass is 10.0. The van der Waals surface area contributed by atoms with Crippen LogP contribution in [0.1, 0.15) is 22.0 Å². The molecule has 0 atom stereocenters. The first-order chi connectivity index (χ1) is 9.91. The third-order valence-corrected chi connectivity index (χ3v) is 3.68. The number of pyridine rings is 1. The summed E-state index contributed by atoms with van der Waals surface area (Å²) in [6, 6.07) is 0.553. The molecule has 5 nitrogen and oxygen atoms in total. The maximum absolute atomic E-state index is 13.8. The van der Waals surface area contributed by atoms with E-state index in [2.05, 4.69) is 0 Å². The summed E-state index contributed by atoms with van der Waals surface area (Å²) < 4.78 is 33.9. The molecule has 1 fully saturated rings. The molecule has 1 aliphatic heterocycles. The number of hydrogen-bond acceptors (Lipinski definition) is 3. The second-order valence-corrected chi connectivity index (χ2v) is 4.97. The van der Waals surface area contributed by atoms with E-state index in [1.807, 2.05) is 0 Å². The molecule has 1 aromatic carbocycles. The summed E-state index contributed by atoms with van der Waals surface area (Å²) in [5.41, 5.74) is -1.11. The van der Waals surface area contributed by atoms with E-state index in [-0.39, 0.29) is 22.5 Å². The van der Waals surface area contributed by atoms with Crippen LogP contribution < -0.4 is 5.43 Å². The van der Waals surface area contributed by atoms with Crippen molar-refractivity contribution in [1.82, 2.24) is 4.57 Å². The number of aryl methyl sites for hydroxylation is 1. The minimum absolute atomic E-state index is 0.0223. The van der Waals surface area contributed by atoms with Gasteiger partial charge in [-0.05, 0) is 13.0 Å². The van der Waals surface area contributed by atoms with Gasteiger partial charge in [0.1, 0.15) is 5.56 Å². The van der Waals surface area contributed by atoms with Crippen molar-refractivity contribution in [1.29, 1.82) is 0 Å². The van der Waals surface area contributed by atoms with Crippen LogP contribution in [0.5, 0.6) is 0 Å². The number of benzene rings is 1. The Morgan fingerprint density at radius 1 is 1.43 bits per heavy atom. The first-order valence-corrected chi connectivity index (χ1v) is 6.26. The van der Waals surface area contributed by atoms with Gasteiger partial charge in [0.25, 0.3) is 0 Å². The van der Waals surface area contributed by atoms with Gasteiger partial charge in [0.05, 0.1) is 24.8 Å². The number of fused-ring (bicyclic) bond motifs is 1. The third kappa shape index (κ3) is 1.92. The Balaban J connectivity index is 2.48. The second-order valence-electron chi connectivity index (χ2n) is 4.97. The first kappa shape index (κ1) is 13.7. The number of carbonyl (C=O) groups is 1. The molecule has 110 valence electrons. The quantitative estimate of drug-likeness (QED) is 0.918. The van der Waals surface area contributed by atoms with E-state index in [1.165, 1.54) is 17.7 Å². The van der Waals surface area contributed by atoms with E-state index >= 15 is 0 Å². The van der Waals surface area contributed by atoms with Gasteiger partial charge in [0.15, 0.2) is 11.6 Å². The smallest absolute Gasteiger partial charge is 0.341 e. The van der Waals surface area contributed by atoms with E-state index in [1.54, 1.807) is 0 Å². The normalized spacial score (nSPS) is 15.2. The first-order valence-electron chi connectivity index (χ1n) is 6.26. The van der Waals surface area contributed by atoms with Crippen LogP contribution in [-0.4, -0.2) is 28.9 Å². The molecule has 0 bridgehead atoms. The molecule has 1 aromatic heterocycles. The number of aromatic nitrogens is 1. The molecule has 3 rings (SSSR count). The summed E-state index contributed by atoms with van der Waals surface area (Å²) in [5, 5.41) is 8.96. The molecule has 0 unspecified atom stereocenters. The summed E-state index contributed by atoms with van der Waals surface area (Å²) in [6.07, 6.45) is 1.17. The largest absolute Gasteiger partial charge is 0.477 e. The number of ether oxygens (including phenoxy) is 1. The molecule has 7 heteroatoms. The molecule has 1 saturated heterocycles. The zero-order valence-corrected chi connectivity index (χ0v) is 11.0. The maximum atomic E-state index is 13.8. The molecule has 2 aromatic rings. The van der Waals surface area contributed by atoms with Gasteiger partial charge in [-0.15, -0.1) is 0 Å². The van der Waals surface area contributed by atoms with Crippen LogP contribution >= 0.6 is 0 Å². The highest BCUT2D eigenvalue weighted by molar-refractivity contribution is 5.93. The van der Waals surface area contributed by atoms with E-state index < -0.39 is 28.6 Å². The molecular weight excluding hydrogens is 284 g/mol. The van der Waals surface area contributed by atoms with Crippen molar-refractivity contribution in [3.05, 3.63) is 45.2 Å². The summed E-state index contributed by atoms with van der Waals surface area (Å²) in [4.78, 5) is 23.3. The van der Waals surface area contributed by atoms with Crippen LogP contribution in [0.3, 0.4) is 0 Å². The van der Waals surface area contributed by atoms with Crippen LogP contribution in [0.15, 0.2) is 17.1 Å². The molecule has 0 aliphatic carbocycles. The second kappa shape index (κ2) is 4.63. The molecule has 0 radical (unpaired) electrons. The third-order valence-electron chi connectivity index (χ3n) is 3.68. The average molecular weight is 295 g/mol. The number of rotatable bonds is 2. The molecular formula is C14H11F2NO4.